The third-order valence-electron chi connectivity index (χ3n) is 7.08. The topological polar surface area (TPSA) is 0 Å². The molecular weight excluding hydrogens is 348 g/mol. The Morgan fingerprint density at radius 3 is 1.48 bits per heavy atom. The van der Waals surface area contributed by atoms with Crippen LogP contribution in [0.5, 0.6) is 0 Å². The summed E-state index contributed by atoms with van der Waals surface area (Å²) in [5.74, 6) is 0.638. The first-order valence-corrected chi connectivity index (χ1v) is 11.5. The van der Waals surface area contributed by atoms with E-state index in [0.717, 1.165) is 12.8 Å². The Labute approximate surface area is 177 Å². The highest BCUT2D eigenvalue weighted by atomic mass is 14.5. The van der Waals surface area contributed by atoms with E-state index in [1.807, 2.05) is 0 Å². The lowest BCUT2D eigenvalue weighted by Crippen LogP contribution is -2.39. The quantitative estimate of drug-likeness (QED) is 0.383. The number of benzene rings is 3. The zero-order chi connectivity index (χ0) is 20.1. The first-order valence-electron chi connectivity index (χ1n) is 11.5. The van der Waals surface area contributed by atoms with Gasteiger partial charge in [0.15, 0.2) is 0 Å². The Hall–Kier alpha value is -2.34. The summed E-state index contributed by atoms with van der Waals surface area (Å²) in [6.07, 6.45) is 8.87. The third-order valence-corrected chi connectivity index (χ3v) is 7.08. The smallest absolute Gasteiger partial charge is 0.0479 e. The minimum absolute atomic E-state index is 0.0692. The SMILES string of the molecule is CCc1ccc(C(c2ccccc2)(c2ccc(CC)cc2)C2CCCCC2)cc1. The highest BCUT2D eigenvalue weighted by Crippen LogP contribution is 2.50. The fourth-order valence-electron chi connectivity index (χ4n) is 5.45. The highest BCUT2D eigenvalue weighted by Gasteiger charge is 2.43. The predicted molar refractivity (Wildman–Crippen MR) is 125 cm³/mol. The third kappa shape index (κ3) is 3.78. The molecule has 0 heterocycles. The van der Waals surface area contributed by atoms with Gasteiger partial charge >= 0.3 is 0 Å². The molecule has 1 fully saturated rings. The summed E-state index contributed by atoms with van der Waals surface area (Å²) in [6.45, 7) is 4.48. The molecule has 3 aromatic rings. The predicted octanol–water partition coefficient (Wildman–Crippen LogP) is 7.73. The van der Waals surface area contributed by atoms with Gasteiger partial charge in [-0.1, -0.05) is 112 Å². The lowest BCUT2D eigenvalue weighted by atomic mass is 9.58. The summed E-state index contributed by atoms with van der Waals surface area (Å²) >= 11 is 0. The van der Waals surface area contributed by atoms with Crippen molar-refractivity contribution >= 4 is 0 Å². The molecule has 0 N–H and O–H groups in total. The van der Waals surface area contributed by atoms with Crippen molar-refractivity contribution in [2.24, 2.45) is 5.92 Å². The van der Waals surface area contributed by atoms with Crippen molar-refractivity contribution in [1.29, 1.82) is 0 Å². The van der Waals surface area contributed by atoms with E-state index in [-0.39, 0.29) is 5.41 Å². The van der Waals surface area contributed by atoms with Crippen LogP contribution in [0.1, 0.15) is 73.8 Å². The fourth-order valence-corrected chi connectivity index (χ4v) is 5.45. The Bertz CT molecular complexity index is 834. The van der Waals surface area contributed by atoms with E-state index in [2.05, 4.69) is 92.7 Å². The molecule has 0 spiro atoms. The zero-order valence-corrected chi connectivity index (χ0v) is 18.0. The van der Waals surface area contributed by atoms with E-state index in [4.69, 9.17) is 0 Å². The maximum Gasteiger partial charge on any atom is 0.0479 e. The van der Waals surface area contributed by atoms with Gasteiger partial charge in [0.05, 0.1) is 0 Å². The maximum absolute atomic E-state index is 2.41. The van der Waals surface area contributed by atoms with Gasteiger partial charge in [-0.2, -0.15) is 0 Å². The van der Waals surface area contributed by atoms with Gasteiger partial charge in [-0.15, -0.1) is 0 Å². The van der Waals surface area contributed by atoms with E-state index in [1.54, 1.807) is 0 Å². The molecule has 0 heteroatoms. The Kier molecular flexibility index (Phi) is 6.19. The van der Waals surface area contributed by atoms with E-state index < -0.39 is 0 Å². The van der Waals surface area contributed by atoms with E-state index in [0.29, 0.717) is 5.92 Å². The van der Waals surface area contributed by atoms with Crippen molar-refractivity contribution in [1.82, 2.24) is 0 Å². The molecule has 0 aromatic heterocycles. The molecule has 4 rings (SSSR count). The summed E-state index contributed by atoms with van der Waals surface area (Å²) in [5, 5.41) is 0. The first-order chi connectivity index (χ1) is 14.3. The minimum atomic E-state index is -0.0692. The van der Waals surface area contributed by atoms with Crippen LogP contribution >= 0.6 is 0 Å². The molecule has 1 aliphatic carbocycles. The van der Waals surface area contributed by atoms with Crippen molar-refractivity contribution < 1.29 is 0 Å². The summed E-state index contributed by atoms with van der Waals surface area (Å²) in [4.78, 5) is 0. The van der Waals surface area contributed by atoms with Crippen LogP contribution in [0.15, 0.2) is 78.9 Å². The van der Waals surface area contributed by atoms with Gasteiger partial charge in [0.2, 0.25) is 0 Å². The van der Waals surface area contributed by atoms with Gasteiger partial charge in [-0.3, -0.25) is 0 Å². The number of rotatable bonds is 6. The number of aryl methyl sites for hydroxylation is 2. The van der Waals surface area contributed by atoms with Gasteiger partial charge in [0.25, 0.3) is 0 Å². The molecule has 0 atom stereocenters. The largest absolute Gasteiger partial charge is 0.0622 e. The van der Waals surface area contributed by atoms with Crippen molar-refractivity contribution in [2.75, 3.05) is 0 Å². The number of hydrogen-bond acceptors (Lipinski definition) is 0. The Morgan fingerprint density at radius 2 is 1.03 bits per heavy atom. The van der Waals surface area contributed by atoms with Gasteiger partial charge in [-0.05, 0) is 59.4 Å². The normalized spacial score (nSPS) is 15.4. The second-order valence-corrected chi connectivity index (χ2v) is 8.61. The van der Waals surface area contributed by atoms with Crippen molar-refractivity contribution in [3.63, 3.8) is 0 Å². The zero-order valence-electron chi connectivity index (χ0n) is 18.0. The van der Waals surface area contributed by atoms with E-state index in [9.17, 15) is 0 Å². The Balaban J connectivity index is 1.97. The summed E-state index contributed by atoms with van der Waals surface area (Å²) < 4.78 is 0. The fraction of sp³-hybridized carbons (Fsp3) is 0.379. The molecule has 0 aliphatic heterocycles. The van der Waals surface area contributed by atoms with Crippen LogP contribution in [0.25, 0.3) is 0 Å². The monoisotopic (exact) mass is 382 g/mol. The standard InChI is InChI=1S/C29H34/c1-3-23-15-19-27(20-16-23)29(25-11-7-5-8-12-25,26-13-9-6-10-14-26)28-21-17-24(4-2)18-22-28/h5,7-8,11-12,15-22,26H,3-4,6,9-10,13-14H2,1-2H3. The second kappa shape index (κ2) is 8.99. The second-order valence-electron chi connectivity index (χ2n) is 8.61. The lowest BCUT2D eigenvalue weighted by molar-refractivity contribution is 0.271. The summed E-state index contributed by atoms with van der Waals surface area (Å²) in [5.41, 5.74) is 7.12. The molecule has 0 nitrogen and oxygen atoms in total. The number of hydrogen-bond donors (Lipinski definition) is 0. The van der Waals surface area contributed by atoms with Crippen molar-refractivity contribution in [2.45, 2.75) is 64.2 Å². The lowest BCUT2D eigenvalue weighted by Gasteiger charge is -2.45. The van der Waals surface area contributed by atoms with Crippen molar-refractivity contribution in [3.8, 4) is 0 Å². The average molecular weight is 383 g/mol. The molecule has 0 saturated heterocycles. The molecule has 1 aliphatic rings. The van der Waals surface area contributed by atoms with Crippen LogP contribution in [-0.2, 0) is 18.3 Å². The molecular formula is C29H34. The molecule has 1 saturated carbocycles. The molecule has 0 unspecified atom stereocenters. The molecule has 0 bridgehead atoms. The molecule has 3 aromatic carbocycles. The summed E-state index contributed by atoms with van der Waals surface area (Å²) in [6, 6.07) is 30.3. The van der Waals surface area contributed by atoms with Crippen molar-refractivity contribution in [3.05, 3.63) is 107 Å². The van der Waals surface area contributed by atoms with Gasteiger partial charge < -0.3 is 0 Å². The van der Waals surface area contributed by atoms with Crippen LogP contribution in [0.2, 0.25) is 0 Å². The Morgan fingerprint density at radius 1 is 0.586 bits per heavy atom. The highest BCUT2D eigenvalue weighted by molar-refractivity contribution is 5.52. The van der Waals surface area contributed by atoms with Crippen LogP contribution in [-0.4, -0.2) is 0 Å². The minimum Gasteiger partial charge on any atom is -0.0622 e. The van der Waals surface area contributed by atoms with E-state index in [1.165, 1.54) is 59.9 Å². The average Bonchev–Trinajstić information content (AvgIpc) is 2.82. The van der Waals surface area contributed by atoms with Gasteiger partial charge in [0.1, 0.15) is 0 Å². The molecule has 150 valence electrons. The van der Waals surface area contributed by atoms with Crippen LogP contribution < -0.4 is 0 Å². The van der Waals surface area contributed by atoms with Crippen LogP contribution in [0.3, 0.4) is 0 Å². The molecule has 0 amide bonds. The van der Waals surface area contributed by atoms with Crippen LogP contribution in [0, 0.1) is 5.92 Å². The summed E-state index contributed by atoms with van der Waals surface area (Å²) in [7, 11) is 0. The van der Waals surface area contributed by atoms with E-state index >= 15 is 0 Å². The molecule has 0 radical (unpaired) electrons. The van der Waals surface area contributed by atoms with Crippen LogP contribution in [0.4, 0.5) is 0 Å². The maximum atomic E-state index is 2.41. The van der Waals surface area contributed by atoms with Gasteiger partial charge in [0, 0.05) is 5.41 Å². The molecule has 29 heavy (non-hydrogen) atoms. The first kappa shape index (κ1) is 20.0. The van der Waals surface area contributed by atoms with Gasteiger partial charge in [-0.25, -0.2) is 0 Å².